The fourth-order valence-electron chi connectivity index (χ4n) is 10.0. The van der Waals surface area contributed by atoms with Gasteiger partial charge in [0.2, 0.25) is 18.6 Å². The summed E-state index contributed by atoms with van der Waals surface area (Å²) in [4.78, 5) is 43.1. The van der Waals surface area contributed by atoms with Crippen molar-refractivity contribution in [2.24, 2.45) is 39.9 Å². The lowest BCUT2D eigenvalue weighted by Crippen LogP contribution is -2.56. The van der Waals surface area contributed by atoms with E-state index in [2.05, 4.69) is 25.2 Å². The number of hydrogen-bond donors (Lipinski definition) is 1. The third kappa shape index (κ3) is 4.79. The molecule has 1 aromatic carbocycles. The van der Waals surface area contributed by atoms with E-state index >= 15 is 0 Å². The van der Waals surface area contributed by atoms with Crippen LogP contribution in [0.5, 0.6) is 11.5 Å². The summed E-state index contributed by atoms with van der Waals surface area (Å²) >= 11 is 0. The Bertz CT molecular complexity index is 1300. The lowest BCUT2D eigenvalue weighted by Gasteiger charge is -2.57. The Labute approximate surface area is 248 Å². The van der Waals surface area contributed by atoms with Crippen molar-refractivity contribution in [1.82, 2.24) is 10.2 Å². The summed E-state index contributed by atoms with van der Waals surface area (Å²) in [6.45, 7) is 5.46. The van der Waals surface area contributed by atoms with E-state index in [0.717, 1.165) is 29.7 Å². The van der Waals surface area contributed by atoms with Crippen molar-refractivity contribution < 1.29 is 28.6 Å². The molecule has 7 aliphatic rings. The van der Waals surface area contributed by atoms with Gasteiger partial charge in [0.1, 0.15) is 5.41 Å². The SMILES string of the molecule is COC(=O)[C@@]12C[C@H](CC(=O)NCC34CC5CC(CC(C5)C3)C4)C(=O)N(Cc3ccc4c(c3)OCO4)C1=CCC(C)(C)C2. The lowest BCUT2D eigenvalue weighted by atomic mass is 9.49. The molecule has 4 saturated carbocycles. The minimum absolute atomic E-state index is 0.0787. The molecule has 2 aliphatic heterocycles. The molecule has 4 bridgehead atoms. The fourth-order valence-corrected chi connectivity index (χ4v) is 10.0. The maximum Gasteiger partial charge on any atom is 0.317 e. The van der Waals surface area contributed by atoms with Gasteiger partial charge in [-0.25, -0.2) is 0 Å². The molecule has 1 aromatic rings. The third-order valence-electron chi connectivity index (χ3n) is 11.2. The Morgan fingerprint density at radius 1 is 1.02 bits per heavy atom. The Morgan fingerprint density at radius 2 is 1.71 bits per heavy atom. The number of benzene rings is 1. The van der Waals surface area contributed by atoms with E-state index in [1.807, 2.05) is 18.2 Å². The number of nitrogens with one attached hydrogen (secondary N) is 1. The molecule has 2 atom stereocenters. The molecular formula is C34H44N2O6. The van der Waals surface area contributed by atoms with Crippen LogP contribution in [-0.4, -0.2) is 43.1 Å². The number of ether oxygens (including phenoxy) is 3. The highest BCUT2D eigenvalue weighted by atomic mass is 16.7. The molecule has 42 heavy (non-hydrogen) atoms. The molecule has 0 unspecified atom stereocenters. The molecule has 0 spiro atoms. The highest BCUT2D eigenvalue weighted by Gasteiger charge is 2.57. The largest absolute Gasteiger partial charge is 0.468 e. The fraction of sp³-hybridized carbons (Fsp3) is 0.676. The average molecular weight is 577 g/mol. The standard InChI is InChI=1S/C34H44N2O6/c1-32(2)7-6-28-34(18-32,31(39)40-3)16-25(30(38)36(28)17-21-4-5-26-27(11-21)42-20-41-26)12-29(37)35-19-33-13-22-8-23(14-33)10-24(9-22)15-33/h4-6,11,22-25H,7-10,12-20H2,1-3H3,(H,35,37)/t22?,23?,24?,25-,33?,34+/m0/s1. The van der Waals surface area contributed by atoms with Crippen LogP contribution in [0, 0.1) is 39.9 Å². The summed E-state index contributed by atoms with van der Waals surface area (Å²) in [7, 11) is 1.42. The van der Waals surface area contributed by atoms with E-state index in [1.54, 1.807) is 4.90 Å². The minimum atomic E-state index is -0.981. The van der Waals surface area contributed by atoms with Crippen molar-refractivity contribution in [2.75, 3.05) is 20.4 Å². The first kappa shape index (κ1) is 27.8. The highest BCUT2D eigenvalue weighted by molar-refractivity contribution is 5.92. The first-order chi connectivity index (χ1) is 20.1. The van der Waals surface area contributed by atoms with Crippen molar-refractivity contribution in [2.45, 2.75) is 84.6 Å². The van der Waals surface area contributed by atoms with Gasteiger partial charge in [-0.1, -0.05) is 26.0 Å². The van der Waals surface area contributed by atoms with Crippen LogP contribution in [0.1, 0.15) is 83.6 Å². The number of piperidine rings is 1. The van der Waals surface area contributed by atoms with Gasteiger partial charge in [-0.15, -0.1) is 0 Å². The van der Waals surface area contributed by atoms with E-state index in [9.17, 15) is 14.4 Å². The molecule has 5 fully saturated rings. The zero-order valence-corrected chi connectivity index (χ0v) is 25.2. The molecule has 2 heterocycles. The van der Waals surface area contributed by atoms with Crippen LogP contribution in [0.4, 0.5) is 0 Å². The molecule has 0 aromatic heterocycles. The summed E-state index contributed by atoms with van der Waals surface area (Å²) in [5.74, 6) is 2.64. The second-order valence-electron chi connectivity index (χ2n) is 15.1. The van der Waals surface area contributed by atoms with Crippen LogP contribution in [0.2, 0.25) is 0 Å². The summed E-state index contributed by atoms with van der Waals surface area (Å²) in [6.07, 6.45) is 11.5. The highest BCUT2D eigenvalue weighted by Crippen LogP contribution is 2.60. The Morgan fingerprint density at radius 3 is 2.40 bits per heavy atom. The van der Waals surface area contributed by atoms with Gasteiger partial charge < -0.3 is 24.4 Å². The third-order valence-corrected chi connectivity index (χ3v) is 11.2. The van der Waals surface area contributed by atoms with Gasteiger partial charge in [0.15, 0.2) is 11.5 Å². The molecule has 8 rings (SSSR count). The number of likely N-dealkylation sites (tertiary alicyclic amines) is 1. The van der Waals surface area contributed by atoms with E-state index in [-0.39, 0.29) is 54.8 Å². The number of amides is 2. The minimum Gasteiger partial charge on any atom is -0.468 e. The van der Waals surface area contributed by atoms with E-state index in [1.165, 1.54) is 45.6 Å². The molecule has 5 aliphatic carbocycles. The van der Waals surface area contributed by atoms with Gasteiger partial charge in [0, 0.05) is 24.6 Å². The Hall–Kier alpha value is -3.03. The van der Waals surface area contributed by atoms with Crippen molar-refractivity contribution in [3.63, 3.8) is 0 Å². The van der Waals surface area contributed by atoms with Crippen LogP contribution in [0.25, 0.3) is 0 Å². The van der Waals surface area contributed by atoms with Gasteiger partial charge in [-0.3, -0.25) is 14.4 Å². The van der Waals surface area contributed by atoms with Crippen LogP contribution in [-0.2, 0) is 25.7 Å². The molecule has 226 valence electrons. The van der Waals surface area contributed by atoms with Gasteiger partial charge in [0.05, 0.1) is 13.7 Å². The Kier molecular flexibility index (Phi) is 6.63. The number of hydrogen-bond acceptors (Lipinski definition) is 6. The Balaban J connectivity index is 1.14. The molecule has 8 nitrogen and oxygen atoms in total. The zero-order chi connectivity index (χ0) is 29.3. The van der Waals surface area contributed by atoms with Gasteiger partial charge in [0.25, 0.3) is 0 Å². The number of fused-ring (bicyclic) bond motifs is 2. The average Bonchev–Trinajstić information content (AvgIpc) is 3.40. The van der Waals surface area contributed by atoms with Crippen LogP contribution in [0.15, 0.2) is 30.0 Å². The second-order valence-corrected chi connectivity index (χ2v) is 15.1. The zero-order valence-electron chi connectivity index (χ0n) is 25.2. The molecule has 8 heteroatoms. The smallest absolute Gasteiger partial charge is 0.317 e. The first-order valence-corrected chi connectivity index (χ1v) is 15.8. The number of allylic oxidation sites excluding steroid dienone is 1. The quantitative estimate of drug-likeness (QED) is 0.440. The van der Waals surface area contributed by atoms with E-state index in [0.29, 0.717) is 30.2 Å². The van der Waals surface area contributed by atoms with E-state index in [4.69, 9.17) is 14.2 Å². The van der Waals surface area contributed by atoms with Gasteiger partial charge >= 0.3 is 5.97 Å². The van der Waals surface area contributed by atoms with Crippen molar-refractivity contribution >= 4 is 17.8 Å². The second kappa shape index (κ2) is 10.0. The number of methoxy groups -OCH3 is 1. The van der Waals surface area contributed by atoms with Gasteiger partial charge in [-0.05, 0) is 104 Å². The molecule has 0 radical (unpaired) electrons. The number of esters is 1. The predicted molar refractivity (Wildman–Crippen MR) is 155 cm³/mol. The molecule has 2 amide bonds. The maximum atomic E-state index is 14.2. The van der Waals surface area contributed by atoms with Crippen LogP contribution in [0.3, 0.4) is 0 Å². The van der Waals surface area contributed by atoms with Crippen molar-refractivity contribution in [3.8, 4) is 11.5 Å². The number of nitrogens with zero attached hydrogens (tertiary/aromatic N) is 1. The number of carbonyl (C=O) groups excluding carboxylic acids is 3. The first-order valence-electron chi connectivity index (χ1n) is 15.8. The summed E-state index contributed by atoms with van der Waals surface area (Å²) in [6, 6.07) is 5.67. The predicted octanol–water partition coefficient (Wildman–Crippen LogP) is 5.35. The molecular weight excluding hydrogens is 532 g/mol. The maximum absolute atomic E-state index is 14.2. The topological polar surface area (TPSA) is 94.2 Å². The van der Waals surface area contributed by atoms with E-state index < -0.39 is 11.3 Å². The molecule has 1 saturated heterocycles. The molecule has 1 N–H and O–H groups in total. The monoisotopic (exact) mass is 576 g/mol. The summed E-state index contributed by atoms with van der Waals surface area (Å²) in [5, 5.41) is 3.27. The lowest BCUT2D eigenvalue weighted by molar-refractivity contribution is -0.162. The van der Waals surface area contributed by atoms with Crippen LogP contribution < -0.4 is 14.8 Å². The van der Waals surface area contributed by atoms with Crippen LogP contribution >= 0.6 is 0 Å². The van der Waals surface area contributed by atoms with Crippen molar-refractivity contribution in [1.29, 1.82) is 0 Å². The summed E-state index contributed by atoms with van der Waals surface area (Å²) < 4.78 is 16.5. The van der Waals surface area contributed by atoms with Gasteiger partial charge in [-0.2, -0.15) is 0 Å². The number of rotatable bonds is 7. The number of carbonyl (C=O) groups is 3. The normalized spacial score (nSPS) is 35.5. The summed E-state index contributed by atoms with van der Waals surface area (Å²) in [5.41, 5.74) is 0.688. The van der Waals surface area contributed by atoms with Crippen molar-refractivity contribution in [3.05, 3.63) is 35.5 Å².